The summed E-state index contributed by atoms with van der Waals surface area (Å²) in [6.45, 7) is 7.37. The highest BCUT2D eigenvalue weighted by molar-refractivity contribution is 6.02. The lowest BCUT2D eigenvalue weighted by Crippen LogP contribution is -2.48. The molecule has 2 aliphatic rings. The Labute approximate surface area is 210 Å². The molecule has 4 heterocycles. The molecule has 6 rings (SSSR count). The molecule has 0 atom stereocenters. The molecule has 8 nitrogen and oxygen atoms in total. The second-order valence-electron chi connectivity index (χ2n) is 9.69. The summed E-state index contributed by atoms with van der Waals surface area (Å²) in [5.74, 6) is 2.10. The van der Waals surface area contributed by atoms with Crippen LogP contribution in [0.3, 0.4) is 0 Å². The lowest BCUT2D eigenvalue weighted by molar-refractivity contribution is 0.0615. The zero-order valence-corrected chi connectivity index (χ0v) is 20.6. The predicted octanol–water partition coefficient (Wildman–Crippen LogP) is 4.15. The monoisotopic (exact) mass is 482 g/mol. The van der Waals surface area contributed by atoms with Crippen molar-refractivity contribution in [3.05, 3.63) is 71.6 Å². The number of anilines is 1. The number of nitrogens with zero attached hydrogens (tertiary/aromatic N) is 6. The fourth-order valence-electron chi connectivity index (χ4n) is 5.04. The van der Waals surface area contributed by atoms with E-state index in [4.69, 9.17) is 9.51 Å². The summed E-state index contributed by atoms with van der Waals surface area (Å²) >= 11 is 0. The van der Waals surface area contributed by atoms with Crippen LogP contribution in [-0.4, -0.2) is 70.1 Å². The minimum absolute atomic E-state index is 0.0641. The SMILES string of the molecule is Cc1ccc(-c2noc(CN3CCN(C(=O)c4cc5ccccc5nc4N4CCCC4)CC3)n2)cc1. The van der Waals surface area contributed by atoms with Crippen LogP contribution in [0.1, 0.15) is 34.7 Å². The molecule has 0 aliphatic carbocycles. The first-order valence-corrected chi connectivity index (χ1v) is 12.7. The Kier molecular flexibility index (Phi) is 6.11. The molecule has 184 valence electrons. The summed E-state index contributed by atoms with van der Waals surface area (Å²) in [5, 5.41) is 5.15. The van der Waals surface area contributed by atoms with Gasteiger partial charge in [0.25, 0.3) is 5.91 Å². The first kappa shape index (κ1) is 22.7. The Morgan fingerprint density at radius 2 is 1.67 bits per heavy atom. The van der Waals surface area contributed by atoms with Crippen LogP contribution in [0, 0.1) is 6.92 Å². The fourth-order valence-corrected chi connectivity index (χ4v) is 5.04. The molecule has 2 fully saturated rings. The minimum Gasteiger partial charge on any atom is -0.356 e. The number of rotatable bonds is 5. The molecule has 2 aromatic carbocycles. The zero-order chi connectivity index (χ0) is 24.5. The van der Waals surface area contributed by atoms with E-state index in [1.807, 2.05) is 59.5 Å². The summed E-state index contributed by atoms with van der Waals surface area (Å²) < 4.78 is 5.51. The van der Waals surface area contributed by atoms with Gasteiger partial charge in [0.05, 0.1) is 17.6 Å². The molecule has 2 aromatic heterocycles. The number of hydrogen-bond donors (Lipinski definition) is 0. The first-order valence-electron chi connectivity index (χ1n) is 12.7. The van der Waals surface area contributed by atoms with E-state index in [9.17, 15) is 4.79 Å². The van der Waals surface area contributed by atoms with Crippen LogP contribution in [0.4, 0.5) is 5.82 Å². The molecule has 36 heavy (non-hydrogen) atoms. The highest BCUT2D eigenvalue weighted by atomic mass is 16.5. The normalized spacial score (nSPS) is 16.7. The van der Waals surface area contributed by atoms with E-state index < -0.39 is 0 Å². The Balaban J connectivity index is 1.14. The molecule has 0 bridgehead atoms. The Hall–Kier alpha value is -3.78. The van der Waals surface area contributed by atoms with Gasteiger partial charge in [-0.2, -0.15) is 4.98 Å². The number of amides is 1. The quantitative estimate of drug-likeness (QED) is 0.423. The third kappa shape index (κ3) is 4.56. The van der Waals surface area contributed by atoms with Crippen LogP contribution in [-0.2, 0) is 6.54 Å². The average Bonchev–Trinajstić information content (AvgIpc) is 3.61. The molecule has 2 aliphatic heterocycles. The third-order valence-electron chi connectivity index (χ3n) is 7.14. The maximum atomic E-state index is 13.7. The summed E-state index contributed by atoms with van der Waals surface area (Å²) in [7, 11) is 0. The van der Waals surface area contributed by atoms with E-state index in [-0.39, 0.29) is 5.91 Å². The smallest absolute Gasteiger partial charge is 0.257 e. The van der Waals surface area contributed by atoms with Crippen molar-refractivity contribution in [1.29, 1.82) is 0 Å². The maximum absolute atomic E-state index is 13.7. The van der Waals surface area contributed by atoms with Gasteiger partial charge in [-0.25, -0.2) is 4.98 Å². The number of carbonyl (C=O) groups is 1. The number of aryl methyl sites for hydroxylation is 1. The van der Waals surface area contributed by atoms with Crippen molar-refractivity contribution in [2.45, 2.75) is 26.3 Å². The van der Waals surface area contributed by atoms with Crippen molar-refractivity contribution in [2.24, 2.45) is 0 Å². The molecule has 2 saturated heterocycles. The van der Waals surface area contributed by atoms with Gasteiger partial charge in [-0.1, -0.05) is 53.2 Å². The standard InChI is InChI=1S/C28H30N6O2/c1-20-8-10-21(11-9-20)26-30-25(36-31-26)19-32-14-16-34(17-15-32)28(35)23-18-22-6-2-3-7-24(22)29-27(23)33-12-4-5-13-33/h2-3,6-11,18H,4-5,12-17,19H2,1H3. The Morgan fingerprint density at radius 1 is 0.917 bits per heavy atom. The second kappa shape index (κ2) is 9.70. The van der Waals surface area contributed by atoms with Crippen molar-refractivity contribution < 1.29 is 9.32 Å². The lowest BCUT2D eigenvalue weighted by Gasteiger charge is -2.34. The first-order chi connectivity index (χ1) is 17.6. The van der Waals surface area contributed by atoms with E-state index >= 15 is 0 Å². The lowest BCUT2D eigenvalue weighted by atomic mass is 10.1. The van der Waals surface area contributed by atoms with Crippen molar-refractivity contribution in [2.75, 3.05) is 44.2 Å². The van der Waals surface area contributed by atoms with Gasteiger partial charge in [0.15, 0.2) is 0 Å². The summed E-state index contributed by atoms with van der Waals surface area (Å²) in [5.41, 5.74) is 3.79. The van der Waals surface area contributed by atoms with Gasteiger partial charge in [0, 0.05) is 50.2 Å². The van der Waals surface area contributed by atoms with Crippen LogP contribution in [0.5, 0.6) is 0 Å². The summed E-state index contributed by atoms with van der Waals surface area (Å²) in [6, 6.07) is 18.2. The van der Waals surface area contributed by atoms with E-state index in [1.54, 1.807) is 0 Å². The molecule has 4 aromatic rings. The topological polar surface area (TPSA) is 78.6 Å². The van der Waals surface area contributed by atoms with Crippen molar-refractivity contribution in [1.82, 2.24) is 24.9 Å². The van der Waals surface area contributed by atoms with Gasteiger partial charge in [-0.05, 0) is 31.9 Å². The molecule has 1 amide bonds. The number of pyridine rings is 1. The van der Waals surface area contributed by atoms with Crippen LogP contribution in [0.25, 0.3) is 22.3 Å². The number of para-hydroxylation sites is 1. The van der Waals surface area contributed by atoms with Crippen LogP contribution in [0.15, 0.2) is 59.1 Å². The summed E-state index contributed by atoms with van der Waals surface area (Å²) in [4.78, 5) is 29.6. The van der Waals surface area contributed by atoms with Gasteiger partial charge >= 0.3 is 0 Å². The number of fused-ring (bicyclic) bond motifs is 1. The van der Waals surface area contributed by atoms with Crippen molar-refractivity contribution >= 4 is 22.6 Å². The van der Waals surface area contributed by atoms with E-state index in [1.165, 1.54) is 5.56 Å². The molecular formula is C28H30N6O2. The minimum atomic E-state index is 0.0641. The summed E-state index contributed by atoms with van der Waals surface area (Å²) in [6.07, 6.45) is 2.28. The highest BCUT2D eigenvalue weighted by Gasteiger charge is 2.28. The molecule has 0 unspecified atom stereocenters. The average molecular weight is 483 g/mol. The highest BCUT2D eigenvalue weighted by Crippen LogP contribution is 2.28. The molecule has 0 radical (unpaired) electrons. The van der Waals surface area contributed by atoms with Gasteiger partial charge in [0.2, 0.25) is 11.7 Å². The van der Waals surface area contributed by atoms with Crippen LogP contribution >= 0.6 is 0 Å². The molecule has 8 heteroatoms. The van der Waals surface area contributed by atoms with Gasteiger partial charge in [0.1, 0.15) is 5.82 Å². The zero-order valence-electron chi connectivity index (χ0n) is 20.6. The Bertz CT molecular complexity index is 1370. The van der Waals surface area contributed by atoms with Gasteiger partial charge < -0.3 is 14.3 Å². The number of carbonyl (C=O) groups excluding carboxylic acids is 1. The second-order valence-corrected chi connectivity index (χ2v) is 9.69. The number of hydrogen-bond acceptors (Lipinski definition) is 7. The van der Waals surface area contributed by atoms with Gasteiger partial charge in [-0.15, -0.1) is 0 Å². The number of aromatic nitrogens is 3. The molecular weight excluding hydrogens is 452 g/mol. The Morgan fingerprint density at radius 3 is 2.44 bits per heavy atom. The number of piperazine rings is 1. The fraction of sp³-hybridized carbons (Fsp3) is 0.357. The molecule has 0 saturated carbocycles. The largest absolute Gasteiger partial charge is 0.356 e. The molecule has 0 N–H and O–H groups in total. The third-order valence-corrected chi connectivity index (χ3v) is 7.14. The maximum Gasteiger partial charge on any atom is 0.257 e. The van der Waals surface area contributed by atoms with E-state index in [0.717, 1.165) is 61.3 Å². The van der Waals surface area contributed by atoms with Crippen LogP contribution < -0.4 is 4.90 Å². The van der Waals surface area contributed by atoms with Crippen molar-refractivity contribution in [3.63, 3.8) is 0 Å². The number of benzene rings is 2. The predicted molar refractivity (Wildman–Crippen MR) is 139 cm³/mol. The van der Waals surface area contributed by atoms with Crippen LogP contribution in [0.2, 0.25) is 0 Å². The van der Waals surface area contributed by atoms with Gasteiger partial charge in [-0.3, -0.25) is 9.69 Å². The molecule has 0 spiro atoms. The van der Waals surface area contributed by atoms with E-state index in [0.29, 0.717) is 36.9 Å². The van der Waals surface area contributed by atoms with E-state index in [2.05, 4.69) is 26.9 Å². The van der Waals surface area contributed by atoms with Crippen molar-refractivity contribution in [3.8, 4) is 11.4 Å².